The van der Waals surface area contributed by atoms with Crippen molar-refractivity contribution in [2.75, 3.05) is 13.2 Å². The Labute approximate surface area is 133 Å². The Morgan fingerprint density at radius 2 is 2.41 bits per heavy atom. The van der Waals surface area contributed by atoms with E-state index in [9.17, 15) is 4.79 Å². The molecule has 7 heteroatoms. The Hall–Kier alpha value is -1.92. The summed E-state index contributed by atoms with van der Waals surface area (Å²) in [4.78, 5) is 16.1. The number of pyridine rings is 1. The number of hydrogen-bond donors (Lipinski definition) is 2. The van der Waals surface area contributed by atoms with E-state index >= 15 is 0 Å². The molecule has 1 aliphatic rings. The number of amides is 1. The third-order valence-corrected chi connectivity index (χ3v) is 4.14. The molecular weight excluding hydrogens is 304 g/mol. The number of H-pyrrole nitrogens is 1. The largest absolute Gasteiger partial charge is 0.373 e. The Kier molecular flexibility index (Phi) is 4.70. The maximum absolute atomic E-state index is 12.2. The molecule has 2 aromatic rings. The molecular formula is C15H17ClN4O2. The molecule has 116 valence electrons. The summed E-state index contributed by atoms with van der Waals surface area (Å²) >= 11 is 5.99. The predicted molar refractivity (Wildman–Crippen MR) is 81.6 cm³/mol. The van der Waals surface area contributed by atoms with E-state index in [1.807, 2.05) is 6.20 Å². The Morgan fingerprint density at radius 3 is 3.18 bits per heavy atom. The van der Waals surface area contributed by atoms with E-state index in [0.717, 1.165) is 25.0 Å². The zero-order valence-corrected chi connectivity index (χ0v) is 12.7. The van der Waals surface area contributed by atoms with Gasteiger partial charge in [0, 0.05) is 43.2 Å². The monoisotopic (exact) mass is 320 g/mol. The van der Waals surface area contributed by atoms with E-state index in [1.54, 1.807) is 18.5 Å². The molecule has 6 nitrogen and oxygen atoms in total. The van der Waals surface area contributed by atoms with Gasteiger partial charge in [-0.05, 0) is 18.9 Å². The van der Waals surface area contributed by atoms with Crippen molar-refractivity contribution in [3.05, 3.63) is 47.0 Å². The highest BCUT2D eigenvalue weighted by molar-refractivity contribution is 6.33. The lowest BCUT2D eigenvalue weighted by Crippen LogP contribution is -2.35. The van der Waals surface area contributed by atoms with Crippen molar-refractivity contribution in [1.29, 1.82) is 0 Å². The normalized spacial score (nSPS) is 21.5. The lowest BCUT2D eigenvalue weighted by molar-refractivity contribution is -0.0272. The number of ether oxygens (including phenoxy) is 1. The molecule has 3 rings (SSSR count). The standard InChI is InChI=1S/C15H17ClN4O2/c16-13-9-17-4-3-12(13)15(21)18-6-10-2-1-5-22-14(10)11-7-19-20-8-11/h3-4,7-10,14H,1-2,5-6H2,(H,18,21)(H,19,20)/t10-,14+/m0/s1. The van der Waals surface area contributed by atoms with Crippen molar-refractivity contribution in [2.45, 2.75) is 18.9 Å². The zero-order valence-electron chi connectivity index (χ0n) is 12.0. The first kappa shape index (κ1) is 15.0. The molecule has 2 atom stereocenters. The van der Waals surface area contributed by atoms with Gasteiger partial charge >= 0.3 is 0 Å². The van der Waals surface area contributed by atoms with Crippen LogP contribution in [0.25, 0.3) is 0 Å². The SMILES string of the molecule is O=C(NC[C@@H]1CCCO[C@H]1c1cn[nH]c1)c1ccncc1Cl. The minimum absolute atomic E-state index is 0.0410. The van der Waals surface area contributed by atoms with Crippen LogP contribution < -0.4 is 5.32 Å². The molecule has 0 bridgehead atoms. The van der Waals surface area contributed by atoms with Crippen molar-refractivity contribution in [2.24, 2.45) is 5.92 Å². The van der Waals surface area contributed by atoms with Crippen molar-refractivity contribution in [3.8, 4) is 0 Å². The molecule has 0 saturated carbocycles. The van der Waals surface area contributed by atoms with Crippen LogP contribution in [0.4, 0.5) is 0 Å². The summed E-state index contributed by atoms with van der Waals surface area (Å²) in [5.41, 5.74) is 1.45. The van der Waals surface area contributed by atoms with Crippen LogP contribution in [0, 0.1) is 5.92 Å². The van der Waals surface area contributed by atoms with Gasteiger partial charge in [0.2, 0.25) is 0 Å². The Bertz CT molecular complexity index is 632. The summed E-state index contributed by atoms with van der Waals surface area (Å²) < 4.78 is 5.85. The first-order valence-electron chi connectivity index (χ1n) is 7.23. The van der Waals surface area contributed by atoms with Gasteiger partial charge in [-0.1, -0.05) is 11.6 Å². The third kappa shape index (κ3) is 3.28. The first-order valence-corrected chi connectivity index (χ1v) is 7.61. The fraction of sp³-hybridized carbons (Fsp3) is 0.400. The highest BCUT2D eigenvalue weighted by Crippen LogP contribution is 2.32. The van der Waals surface area contributed by atoms with Gasteiger partial charge in [0.05, 0.1) is 22.9 Å². The first-order chi connectivity index (χ1) is 10.8. The van der Waals surface area contributed by atoms with Gasteiger partial charge in [0.1, 0.15) is 0 Å². The van der Waals surface area contributed by atoms with Gasteiger partial charge in [0.15, 0.2) is 0 Å². The van der Waals surface area contributed by atoms with E-state index in [4.69, 9.17) is 16.3 Å². The minimum atomic E-state index is -0.191. The molecule has 0 aliphatic carbocycles. The topological polar surface area (TPSA) is 79.9 Å². The lowest BCUT2D eigenvalue weighted by Gasteiger charge is -2.31. The molecule has 0 unspecified atom stereocenters. The van der Waals surface area contributed by atoms with Crippen LogP contribution in [0.3, 0.4) is 0 Å². The van der Waals surface area contributed by atoms with Crippen LogP contribution in [0.1, 0.15) is 34.9 Å². The molecule has 1 fully saturated rings. The highest BCUT2D eigenvalue weighted by atomic mass is 35.5. The smallest absolute Gasteiger partial charge is 0.252 e. The molecule has 0 aromatic carbocycles. The van der Waals surface area contributed by atoms with Crippen LogP contribution in [-0.4, -0.2) is 34.2 Å². The number of nitrogens with zero attached hydrogens (tertiary/aromatic N) is 2. The summed E-state index contributed by atoms with van der Waals surface area (Å²) in [5.74, 6) is 0.0276. The van der Waals surface area contributed by atoms with Crippen molar-refractivity contribution < 1.29 is 9.53 Å². The highest BCUT2D eigenvalue weighted by Gasteiger charge is 2.28. The van der Waals surface area contributed by atoms with Gasteiger partial charge in [-0.15, -0.1) is 0 Å². The van der Waals surface area contributed by atoms with Crippen LogP contribution in [0.5, 0.6) is 0 Å². The van der Waals surface area contributed by atoms with Crippen molar-refractivity contribution in [1.82, 2.24) is 20.5 Å². The van der Waals surface area contributed by atoms with Gasteiger partial charge in [0.25, 0.3) is 5.91 Å². The van der Waals surface area contributed by atoms with Crippen LogP contribution >= 0.6 is 11.6 Å². The summed E-state index contributed by atoms with van der Waals surface area (Å²) in [6, 6.07) is 1.61. The second-order valence-corrected chi connectivity index (χ2v) is 5.70. The number of rotatable bonds is 4. The van der Waals surface area contributed by atoms with Gasteiger partial charge in [-0.25, -0.2) is 0 Å². The molecule has 2 N–H and O–H groups in total. The second-order valence-electron chi connectivity index (χ2n) is 5.29. The maximum atomic E-state index is 12.2. The van der Waals surface area contributed by atoms with Crippen LogP contribution in [0.2, 0.25) is 5.02 Å². The molecule has 2 aromatic heterocycles. The van der Waals surface area contributed by atoms with Crippen LogP contribution in [0.15, 0.2) is 30.9 Å². The molecule has 0 spiro atoms. The summed E-state index contributed by atoms with van der Waals surface area (Å²) in [7, 11) is 0. The Morgan fingerprint density at radius 1 is 1.50 bits per heavy atom. The number of halogens is 1. The van der Waals surface area contributed by atoms with Crippen molar-refractivity contribution >= 4 is 17.5 Å². The second kappa shape index (κ2) is 6.89. The van der Waals surface area contributed by atoms with E-state index in [1.165, 1.54) is 6.20 Å². The quantitative estimate of drug-likeness (QED) is 0.906. The number of aromatic nitrogens is 3. The van der Waals surface area contributed by atoms with Gasteiger partial charge < -0.3 is 10.1 Å². The molecule has 0 radical (unpaired) electrons. The molecule has 1 aliphatic heterocycles. The van der Waals surface area contributed by atoms with E-state index in [-0.39, 0.29) is 17.9 Å². The van der Waals surface area contributed by atoms with E-state index in [0.29, 0.717) is 17.1 Å². The number of carbonyl (C=O) groups is 1. The summed E-state index contributed by atoms with van der Waals surface area (Å²) in [6.45, 7) is 1.27. The average molecular weight is 321 g/mol. The zero-order chi connectivity index (χ0) is 15.4. The fourth-order valence-electron chi connectivity index (χ4n) is 2.72. The predicted octanol–water partition coefficient (Wildman–Crippen LogP) is 2.36. The van der Waals surface area contributed by atoms with Crippen molar-refractivity contribution in [3.63, 3.8) is 0 Å². The third-order valence-electron chi connectivity index (χ3n) is 3.83. The van der Waals surface area contributed by atoms with E-state index < -0.39 is 0 Å². The average Bonchev–Trinajstić information content (AvgIpc) is 3.07. The summed E-state index contributed by atoms with van der Waals surface area (Å²) in [6.07, 6.45) is 8.58. The number of hydrogen-bond acceptors (Lipinski definition) is 4. The maximum Gasteiger partial charge on any atom is 0.252 e. The molecule has 1 saturated heterocycles. The molecule has 22 heavy (non-hydrogen) atoms. The number of carbonyl (C=O) groups excluding carboxylic acids is 1. The van der Waals surface area contributed by atoms with Gasteiger partial charge in [-0.3, -0.25) is 14.9 Å². The van der Waals surface area contributed by atoms with Gasteiger partial charge in [-0.2, -0.15) is 5.10 Å². The molecule has 1 amide bonds. The van der Waals surface area contributed by atoms with E-state index in [2.05, 4.69) is 20.5 Å². The summed E-state index contributed by atoms with van der Waals surface area (Å²) in [5, 5.41) is 10.1. The number of nitrogens with one attached hydrogen (secondary N) is 2. The number of aromatic amines is 1. The lowest BCUT2D eigenvalue weighted by atomic mass is 9.91. The Balaban J connectivity index is 1.64. The molecule has 3 heterocycles. The fourth-order valence-corrected chi connectivity index (χ4v) is 2.92. The minimum Gasteiger partial charge on any atom is -0.373 e. The van der Waals surface area contributed by atoms with Crippen LogP contribution in [-0.2, 0) is 4.74 Å².